The second-order valence-electron chi connectivity index (χ2n) is 4.76. The Labute approximate surface area is 121 Å². The second kappa shape index (κ2) is 7.43. The molecule has 0 aromatic carbocycles. The number of hydrogen-bond donors (Lipinski definition) is 1. The van der Waals surface area contributed by atoms with E-state index in [1.807, 2.05) is 20.8 Å². The molecule has 0 unspecified atom stereocenters. The predicted molar refractivity (Wildman–Crippen MR) is 80.7 cm³/mol. The molecule has 0 saturated carbocycles. The van der Waals surface area contributed by atoms with Crippen LogP contribution in [0.4, 0.5) is 0 Å². The van der Waals surface area contributed by atoms with Gasteiger partial charge in [0.05, 0.1) is 16.9 Å². The van der Waals surface area contributed by atoms with Crippen molar-refractivity contribution in [2.75, 3.05) is 27.2 Å². The molecule has 0 atom stereocenters. The number of likely N-dealkylation sites (N-methyl/N-ethyl adjacent to an activating group) is 2. The first-order chi connectivity index (χ1) is 8.76. The van der Waals surface area contributed by atoms with Crippen molar-refractivity contribution in [1.29, 1.82) is 0 Å². The summed E-state index contributed by atoms with van der Waals surface area (Å²) in [6, 6.07) is 0. The van der Waals surface area contributed by atoms with Crippen molar-refractivity contribution < 1.29 is 9.59 Å². The molecule has 0 aromatic heterocycles. The summed E-state index contributed by atoms with van der Waals surface area (Å²) in [4.78, 5) is 27.6. The summed E-state index contributed by atoms with van der Waals surface area (Å²) in [6.07, 6.45) is 1.09. The lowest BCUT2D eigenvalue weighted by molar-refractivity contribution is -0.144. The van der Waals surface area contributed by atoms with E-state index >= 15 is 0 Å². The summed E-state index contributed by atoms with van der Waals surface area (Å²) in [7, 11) is 3.34. The van der Waals surface area contributed by atoms with Crippen LogP contribution in [-0.4, -0.2) is 53.8 Å². The Morgan fingerprint density at radius 2 is 1.63 bits per heavy atom. The van der Waals surface area contributed by atoms with Gasteiger partial charge in [0.2, 0.25) is 11.8 Å². The lowest BCUT2D eigenvalue weighted by Crippen LogP contribution is -2.52. The van der Waals surface area contributed by atoms with Gasteiger partial charge < -0.3 is 15.5 Å². The first-order valence-electron chi connectivity index (χ1n) is 6.56. The highest BCUT2D eigenvalue weighted by Gasteiger charge is 2.41. The fraction of sp³-hybridized carbons (Fsp3) is 0.769. The van der Waals surface area contributed by atoms with Crippen molar-refractivity contribution in [2.45, 2.75) is 33.6 Å². The van der Waals surface area contributed by atoms with Gasteiger partial charge in [0.15, 0.2) is 0 Å². The van der Waals surface area contributed by atoms with Crippen molar-refractivity contribution in [1.82, 2.24) is 9.80 Å². The van der Waals surface area contributed by atoms with E-state index in [-0.39, 0.29) is 23.3 Å². The molecule has 0 saturated heterocycles. The van der Waals surface area contributed by atoms with Crippen LogP contribution in [0.2, 0.25) is 0 Å². The minimum absolute atomic E-state index is 0.0622. The Bertz CT molecular complexity index is 352. The molecule has 6 heteroatoms. The van der Waals surface area contributed by atoms with Crippen molar-refractivity contribution in [2.24, 2.45) is 11.1 Å². The molecule has 0 heterocycles. The Morgan fingerprint density at radius 3 is 1.89 bits per heavy atom. The minimum Gasteiger partial charge on any atom is -0.392 e. The Morgan fingerprint density at radius 1 is 1.16 bits per heavy atom. The van der Waals surface area contributed by atoms with E-state index in [4.69, 9.17) is 18.0 Å². The summed E-state index contributed by atoms with van der Waals surface area (Å²) in [5.74, 6) is -0.262. The van der Waals surface area contributed by atoms with Gasteiger partial charge in [0.1, 0.15) is 0 Å². The Kier molecular flexibility index (Phi) is 6.97. The smallest absolute Gasteiger partial charge is 0.241 e. The molecule has 0 aliphatic heterocycles. The zero-order valence-electron chi connectivity index (χ0n) is 12.5. The maximum atomic E-state index is 12.6. The molecule has 2 N–H and O–H groups in total. The van der Waals surface area contributed by atoms with Gasteiger partial charge in [-0.3, -0.25) is 9.59 Å². The first-order valence-corrected chi connectivity index (χ1v) is 6.97. The Hall–Kier alpha value is -1.17. The number of thiocarbonyl (C=S) groups is 1. The summed E-state index contributed by atoms with van der Waals surface area (Å²) in [6.45, 7) is 6.15. The number of rotatable bonds is 7. The first kappa shape index (κ1) is 17.8. The number of carbonyl (C=O) groups excluding carboxylic acids is 2. The minimum atomic E-state index is -0.835. The van der Waals surface area contributed by atoms with Crippen molar-refractivity contribution >= 4 is 29.0 Å². The summed E-state index contributed by atoms with van der Waals surface area (Å²) < 4.78 is 0. The third kappa shape index (κ3) is 3.89. The zero-order chi connectivity index (χ0) is 15.2. The van der Waals surface area contributed by atoms with Gasteiger partial charge in [-0.05, 0) is 19.8 Å². The third-order valence-electron chi connectivity index (χ3n) is 3.58. The van der Waals surface area contributed by atoms with Gasteiger partial charge in [0, 0.05) is 20.6 Å². The maximum Gasteiger partial charge on any atom is 0.241 e. The molecule has 110 valence electrons. The van der Waals surface area contributed by atoms with E-state index < -0.39 is 5.41 Å². The van der Waals surface area contributed by atoms with Crippen LogP contribution in [0.25, 0.3) is 0 Å². The van der Waals surface area contributed by atoms with Crippen LogP contribution in [0.3, 0.4) is 0 Å². The van der Waals surface area contributed by atoms with Crippen LogP contribution < -0.4 is 5.73 Å². The van der Waals surface area contributed by atoms with Gasteiger partial charge in [-0.1, -0.05) is 26.1 Å². The van der Waals surface area contributed by atoms with E-state index in [2.05, 4.69) is 0 Å². The van der Waals surface area contributed by atoms with Crippen LogP contribution in [0, 0.1) is 5.41 Å². The van der Waals surface area contributed by atoms with E-state index in [0.29, 0.717) is 19.4 Å². The molecule has 0 rings (SSSR count). The van der Waals surface area contributed by atoms with Crippen LogP contribution in [0.5, 0.6) is 0 Å². The van der Waals surface area contributed by atoms with Crippen LogP contribution in [-0.2, 0) is 9.59 Å². The maximum absolute atomic E-state index is 12.6. The number of nitrogens with two attached hydrogens (primary N) is 1. The van der Waals surface area contributed by atoms with E-state index in [9.17, 15) is 9.59 Å². The molecule has 5 nitrogen and oxygen atoms in total. The van der Waals surface area contributed by atoms with Crippen LogP contribution in [0.15, 0.2) is 0 Å². The van der Waals surface area contributed by atoms with Crippen LogP contribution >= 0.6 is 12.2 Å². The van der Waals surface area contributed by atoms with Gasteiger partial charge in [-0.25, -0.2) is 0 Å². The predicted octanol–water partition coefficient (Wildman–Crippen LogP) is 1.02. The second-order valence-corrected chi connectivity index (χ2v) is 5.20. The van der Waals surface area contributed by atoms with E-state index in [1.54, 1.807) is 14.1 Å². The molecule has 19 heavy (non-hydrogen) atoms. The van der Waals surface area contributed by atoms with Crippen molar-refractivity contribution in [3.05, 3.63) is 0 Å². The summed E-state index contributed by atoms with van der Waals surface area (Å²) >= 11 is 5.07. The average Bonchev–Trinajstić information content (AvgIpc) is 2.36. The third-order valence-corrected chi connectivity index (χ3v) is 3.97. The standard InChI is InChI=1S/C13H25N3O2S/c1-6-13(7-2,11(14)19)12(18)16(8-3)9-10(17)15(4)5/h6-9H2,1-5H3,(H2,14,19). The lowest BCUT2D eigenvalue weighted by Gasteiger charge is -2.34. The van der Waals surface area contributed by atoms with E-state index in [0.717, 1.165) is 0 Å². The average molecular weight is 287 g/mol. The van der Waals surface area contributed by atoms with Crippen molar-refractivity contribution in [3.8, 4) is 0 Å². The fourth-order valence-corrected chi connectivity index (χ4v) is 2.32. The SMILES string of the molecule is CCN(CC(=O)N(C)C)C(=O)C(CC)(CC)C(N)=S. The van der Waals surface area contributed by atoms with Crippen molar-refractivity contribution in [3.63, 3.8) is 0 Å². The van der Waals surface area contributed by atoms with Gasteiger partial charge in [-0.15, -0.1) is 0 Å². The highest BCUT2D eigenvalue weighted by Crippen LogP contribution is 2.29. The van der Waals surface area contributed by atoms with Gasteiger partial charge >= 0.3 is 0 Å². The topological polar surface area (TPSA) is 66.6 Å². The largest absolute Gasteiger partial charge is 0.392 e. The molecule has 0 radical (unpaired) electrons. The molecule has 0 bridgehead atoms. The molecular weight excluding hydrogens is 262 g/mol. The molecule has 0 aliphatic rings. The Balaban J connectivity index is 5.20. The number of hydrogen-bond acceptors (Lipinski definition) is 3. The monoisotopic (exact) mass is 287 g/mol. The number of carbonyl (C=O) groups is 2. The number of amides is 2. The molecular formula is C13H25N3O2S. The highest BCUT2D eigenvalue weighted by molar-refractivity contribution is 7.80. The fourth-order valence-electron chi connectivity index (χ4n) is 1.94. The van der Waals surface area contributed by atoms with Crippen LogP contribution in [0.1, 0.15) is 33.6 Å². The van der Waals surface area contributed by atoms with Gasteiger partial charge in [0.25, 0.3) is 0 Å². The molecule has 0 spiro atoms. The molecule has 0 fully saturated rings. The van der Waals surface area contributed by atoms with E-state index in [1.165, 1.54) is 9.80 Å². The summed E-state index contributed by atoms with van der Waals surface area (Å²) in [5.41, 5.74) is 4.93. The molecule has 0 aliphatic carbocycles. The molecule has 0 aromatic rings. The highest BCUT2D eigenvalue weighted by atomic mass is 32.1. The quantitative estimate of drug-likeness (QED) is 0.710. The normalized spacial score (nSPS) is 11.0. The summed E-state index contributed by atoms with van der Waals surface area (Å²) in [5, 5.41) is 0. The zero-order valence-corrected chi connectivity index (χ0v) is 13.3. The molecule has 2 amide bonds. The van der Waals surface area contributed by atoms with Gasteiger partial charge in [-0.2, -0.15) is 0 Å². The number of nitrogens with zero attached hydrogens (tertiary/aromatic N) is 2. The lowest BCUT2D eigenvalue weighted by atomic mass is 9.80.